The van der Waals surface area contributed by atoms with Gasteiger partial charge in [-0.1, -0.05) is 50.6 Å². The van der Waals surface area contributed by atoms with E-state index in [1.165, 1.54) is 29.5 Å². The molecule has 0 radical (unpaired) electrons. The molecule has 0 fully saturated rings. The zero-order valence-corrected chi connectivity index (χ0v) is 16.2. The molecular weight excluding hydrogens is 306 g/mol. The van der Waals surface area contributed by atoms with Gasteiger partial charge in [0, 0.05) is 19.1 Å². The minimum Gasteiger partial charge on any atom is -0.397 e. The Hall–Kier alpha value is -2.00. The van der Waals surface area contributed by atoms with Crippen molar-refractivity contribution in [3.8, 4) is 0 Å². The Labute approximate surface area is 153 Å². The van der Waals surface area contributed by atoms with Crippen LogP contribution in [0.5, 0.6) is 0 Å². The highest BCUT2D eigenvalue weighted by Crippen LogP contribution is 2.23. The van der Waals surface area contributed by atoms with Gasteiger partial charge in [0.25, 0.3) is 0 Å². The van der Waals surface area contributed by atoms with Gasteiger partial charge >= 0.3 is 0 Å². The first-order chi connectivity index (χ1) is 12.0. The fourth-order valence-electron chi connectivity index (χ4n) is 3.28. The van der Waals surface area contributed by atoms with Crippen LogP contribution in [0.4, 0.5) is 11.4 Å². The lowest BCUT2D eigenvalue weighted by molar-refractivity contribution is 0.194. The number of hydrogen-bond donors (Lipinski definition) is 2. The third kappa shape index (κ3) is 5.50. The number of likely N-dealkylation sites (N-methyl/N-ethyl adjacent to an activating group) is 1. The molecule has 2 rings (SSSR count). The van der Waals surface area contributed by atoms with E-state index in [2.05, 4.69) is 80.4 Å². The van der Waals surface area contributed by atoms with Gasteiger partial charge in [0.05, 0.1) is 11.4 Å². The van der Waals surface area contributed by atoms with Gasteiger partial charge in [-0.15, -0.1) is 0 Å². The van der Waals surface area contributed by atoms with Crippen LogP contribution < -0.4 is 11.1 Å². The van der Waals surface area contributed by atoms with E-state index in [4.69, 9.17) is 5.73 Å². The van der Waals surface area contributed by atoms with Crippen molar-refractivity contribution in [1.29, 1.82) is 0 Å². The summed E-state index contributed by atoms with van der Waals surface area (Å²) < 4.78 is 0. The van der Waals surface area contributed by atoms with Crippen molar-refractivity contribution in [2.75, 3.05) is 24.1 Å². The average Bonchev–Trinajstić information content (AvgIpc) is 2.61. The molecule has 25 heavy (non-hydrogen) atoms. The highest BCUT2D eigenvalue weighted by Gasteiger charge is 2.17. The van der Waals surface area contributed by atoms with Crippen LogP contribution in [0.25, 0.3) is 0 Å². The largest absolute Gasteiger partial charge is 0.397 e. The third-order valence-electron chi connectivity index (χ3n) is 4.97. The predicted molar refractivity (Wildman–Crippen MR) is 110 cm³/mol. The smallest absolute Gasteiger partial charge is 0.0577 e. The van der Waals surface area contributed by atoms with Crippen molar-refractivity contribution in [3.63, 3.8) is 0 Å². The fraction of sp³-hybridized carbons (Fsp3) is 0.455. The predicted octanol–water partition coefficient (Wildman–Crippen LogP) is 4.99. The standard InChI is InChI=1S/C22H33N3/c1-5-10-20(25(6-2)16-19-11-8-7-9-12-19)15-24-22-14-18(4)17(3)13-21(22)23/h7-9,11-14,20,24H,5-6,10,15-16,23H2,1-4H3. The molecule has 2 aromatic rings. The second kappa shape index (κ2) is 9.47. The second-order valence-electron chi connectivity index (χ2n) is 6.90. The molecule has 0 saturated heterocycles. The number of aryl methyl sites for hydroxylation is 2. The molecule has 0 aliphatic carbocycles. The first-order valence-corrected chi connectivity index (χ1v) is 9.43. The Bertz CT molecular complexity index is 652. The number of nitrogen functional groups attached to an aromatic ring is 1. The third-order valence-corrected chi connectivity index (χ3v) is 4.97. The van der Waals surface area contributed by atoms with Crippen molar-refractivity contribution in [1.82, 2.24) is 4.90 Å². The maximum absolute atomic E-state index is 6.21. The molecule has 0 aliphatic heterocycles. The Morgan fingerprint density at radius 1 is 1.04 bits per heavy atom. The summed E-state index contributed by atoms with van der Waals surface area (Å²) >= 11 is 0. The number of anilines is 2. The van der Waals surface area contributed by atoms with Gasteiger partial charge in [0.1, 0.15) is 0 Å². The SMILES string of the molecule is CCCC(CNc1cc(C)c(C)cc1N)N(CC)Cc1ccccc1. The molecule has 3 heteroatoms. The topological polar surface area (TPSA) is 41.3 Å². The summed E-state index contributed by atoms with van der Waals surface area (Å²) in [5, 5.41) is 3.60. The quantitative estimate of drug-likeness (QED) is 0.633. The summed E-state index contributed by atoms with van der Waals surface area (Å²) in [6.45, 7) is 11.7. The van der Waals surface area contributed by atoms with E-state index < -0.39 is 0 Å². The van der Waals surface area contributed by atoms with Crippen molar-refractivity contribution in [2.45, 2.75) is 53.1 Å². The van der Waals surface area contributed by atoms with Crippen LogP contribution in [-0.4, -0.2) is 24.0 Å². The zero-order valence-electron chi connectivity index (χ0n) is 16.2. The molecule has 136 valence electrons. The lowest BCUT2D eigenvalue weighted by Crippen LogP contribution is -2.39. The fourth-order valence-corrected chi connectivity index (χ4v) is 3.28. The molecule has 0 bridgehead atoms. The van der Waals surface area contributed by atoms with E-state index in [0.717, 1.165) is 31.0 Å². The van der Waals surface area contributed by atoms with Gasteiger partial charge in [0.15, 0.2) is 0 Å². The number of nitrogens with zero attached hydrogens (tertiary/aromatic N) is 1. The minimum absolute atomic E-state index is 0.496. The van der Waals surface area contributed by atoms with Gasteiger partial charge in [-0.25, -0.2) is 0 Å². The number of benzene rings is 2. The van der Waals surface area contributed by atoms with Crippen LogP contribution in [0, 0.1) is 13.8 Å². The number of rotatable bonds is 9. The summed E-state index contributed by atoms with van der Waals surface area (Å²) in [6, 6.07) is 15.5. The molecule has 3 nitrogen and oxygen atoms in total. The van der Waals surface area contributed by atoms with Crippen LogP contribution in [0.3, 0.4) is 0 Å². The van der Waals surface area contributed by atoms with Crippen LogP contribution in [0.15, 0.2) is 42.5 Å². The number of hydrogen-bond acceptors (Lipinski definition) is 3. The highest BCUT2D eigenvalue weighted by atomic mass is 15.2. The number of nitrogens with two attached hydrogens (primary N) is 1. The first-order valence-electron chi connectivity index (χ1n) is 9.43. The van der Waals surface area contributed by atoms with Crippen molar-refractivity contribution in [2.24, 2.45) is 0 Å². The maximum atomic E-state index is 6.21. The minimum atomic E-state index is 0.496. The molecule has 0 aromatic heterocycles. The number of nitrogens with one attached hydrogen (secondary N) is 1. The summed E-state index contributed by atoms with van der Waals surface area (Å²) in [5.41, 5.74) is 12.0. The van der Waals surface area contributed by atoms with Gasteiger partial charge < -0.3 is 11.1 Å². The molecule has 0 heterocycles. The van der Waals surface area contributed by atoms with E-state index in [9.17, 15) is 0 Å². The van der Waals surface area contributed by atoms with E-state index in [-0.39, 0.29) is 0 Å². The zero-order chi connectivity index (χ0) is 18.2. The Kier molecular flexibility index (Phi) is 7.32. The van der Waals surface area contributed by atoms with Gasteiger partial charge in [-0.05, 0) is 55.6 Å². The normalized spacial score (nSPS) is 12.4. The van der Waals surface area contributed by atoms with E-state index in [1.807, 2.05) is 0 Å². The molecule has 2 aromatic carbocycles. The summed E-state index contributed by atoms with van der Waals surface area (Å²) in [6.07, 6.45) is 2.36. The Morgan fingerprint density at radius 3 is 2.36 bits per heavy atom. The van der Waals surface area contributed by atoms with E-state index >= 15 is 0 Å². The highest BCUT2D eigenvalue weighted by molar-refractivity contribution is 5.68. The van der Waals surface area contributed by atoms with Crippen molar-refractivity contribution < 1.29 is 0 Å². The van der Waals surface area contributed by atoms with Crippen LogP contribution in [-0.2, 0) is 6.54 Å². The van der Waals surface area contributed by atoms with Gasteiger partial charge in [0.2, 0.25) is 0 Å². The van der Waals surface area contributed by atoms with Crippen molar-refractivity contribution in [3.05, 3.63) is 59.2 Å². The first kappa shape index (κ1) is 19.3. The van der Waals surface area contributed by atoms with Gasteiger partial charge in [-0.3, -0.25) is 4.90 Å². The molecule has 3 N–H and O–H groups in total. The molecule has 1 atom stereocenters. The molecule has 1 unspecified atom stereocenters. The van der Waals surface area contributed by atoms with Crippen molar-refractivity contribution >= 4 is 11.4 Å². The monoisotopic (exact) mass is 339 g/mol. The van der Waals surface area contributed by atoms with Crippen LogP contribution >= 0.6 is 0 Å². The summed E-state index contributed by atoms with van der Waals surface area (Å²) in [7, 11) is 0. The summed E-state index contributed by atoms with van der Waals surface area (Å²) in [4.78, 5) is 2.56. The lowest BCUT2D eigenvalue weighted by Gasteiger charge is -2.31. The summed E-state index contributed by atoms with van der Waals surface area (Å²) in [5.74, 6) is 0. The van der Waals surface area contributed by atoms with Crippen LogP contribution in [0.2, 0.25) is 0 Å². The Morgan fingerprint density at radius 2 is 1.72 bits per heavy atom. The van der Waals surface area contributed by atoms with E-state index in [0.29, 0.717) is 6.04 Å². The molecular formula is C22H33N3. The molecule has 0 amide bonds. The molecule has 0 saturated carbocycles. The molecule has 0 spiro atoms. The maximum Gasteiger partial charge on any atom is 0.0577 e. The Balaban J connectivity index is 2.07. The van der Waals surface area contributed by atoms with E-state index in [1.54, 1.807) is 0 Å². The van der Waals surface area contributed by atoms with Gasteiger partial charge in [-0.2, -0.15) is 0 Å². The van der Waals surface area contributed by atoms with Crippen LogP contribution in [0.1, 0.15) is 43.4 Å². The lowest BCUT2D eigenvalue weighted by atomic mass is 10.1. The second-order valence-corrected chi connectivity index (χ2v) is 6.90. The molecule has 0 aliphatic rings. The average molecular weight is 340 g/mol.